The largest absolute Gasteiger partial charge is 0.508 e. The molecule has 0 atom stereocenters. The fourth-order valence-electron chi connectivity index (χ4n) is 1.38. The standard InChI is InChI=1S/C12H9Cl2NO2S/c1-6-2-3-7(4-9(6)16)15-12(17)8-5-10(13)18-11(8)14/h2-5,16H,1H3,(H,15,17). The Morgan fingerprint density at radius 2 is 2.06 bits per heavy atom. The summed E-state index contributed by atoms with van der Waals surface area (Å²) in [5.74, 6) is -0.228. The molecule has 6 heteroatoms. The highest BCUT2D eigenvalue weighted by Gasteiger charge is 2.14. The van der Waals surface area contributed by atoms with E-state index >= 15 is 0 Å². The number of anilines is 1. The first-order chi connectivity index (χ1) is 8.47. The molecular weight excluding hydrogens is 293 g/mol. The Balaban J connectivity index is 2.21. The lowest BCUT2D eigenvalue weighted by Crippen LogP contribution is -2.11. The highest BCUT2D eigenvalue weighted by atomic mass is 35.5. The number of hydrogen-bond donors (Lipinski definition) is 2. The molecular formula is C12H9Cl2NO2S. The van der Waals surface area contributed by atoms with E-state index in [0.29, 0.717) is 19.9 Å². The Hall–Kier alpha value is -1.23. The van der Waals surface area contributed by atoms with E-state index in [1.54, 1.807) is 19.1 Å². The summed E-state index contributed by atoms with van der Waals surface area (Å²) in [7, 11) is 0. The summed E-state index contributed by atoms with van der Waals surface area (Å²) in [6.07, 6.45) is 0. The molecule has 0 spiro atoms. The van der Waals surface area contributed by atoms with Gasteiger partial charge in [-0.3, -0.25) is 4.79 Å². The summed E-state index contributed by atoms with van der Waals surface area (Å²) in [6, 6.07) is 6.41. The lowest BCUT2D eigenvalue weighted by molar-refractivity contribution is 0.102. The van der Waals surface area contributed by atoms with Crippen LogP contribution in [-0.2, 0) is 0 Å². The molecule has 1 aromatic heterocycles. The molecule has 0 saturated heterocycles. The summed E-state index contributed by atoms with van der Waals surface area (Å²) >= 11 is 12.8. The molecule has 0 fully saturated rings. The maximum absolute atomic E-state index is 11.9. The van der Waals surface area contributed by atoms with Crippen LogP contribution in [-0.4, -0.2) is 11.0 Å². The normalized spacial score (nSPS) is 10.4. The van der Waals surface area contributed by atoms with E-state index in [9.17, 15) is 9.90 Å². The van der Waals surface area contributed by atoms with Crippen LogP contribution in [0.2, 0.25) is 8.67 Å². The SMILES string of the molecule is Cc1ccc(NC(=O)c2cc(Cl)sc2Cl)cc1O. The van der Waals surface area contributed by atoms with Gasteiger partial charge in [-0.2, -0.15) is 0 Å². The highest BCUT2D eigenvalue weighted by Crippen LogP contribution is 2.31. The fraction of sp³-hybridized carbons (Fsp3) is 0.0833. The van der Waals surface area contributed by atoms with Crippen molar-refractivity contribution in [2.75, 3.05) is 5.32 Å². The van der Waals surface area contributed by atoms with Crippen LogP contribution in [0.1, 0.15) is 15.9 Å². The van der Waals surface area contributed by atoms with Crippen molar-refractivity contribution in [3.63, 3.8) is 0 Å². The summed E-state index contributed by atoms with van der Waals surface area (Å²) < 4.78 is 0.797. The molecule has 0 saturated carbocycles. The quantitative estimate of drug-likeness (QED) is 0.868. The predicted octanol–water partition coefficient (Wildman–Crippen LogP) is 4.32. The molecule has 0 radical (unpaired) electrons. The summed E-state index contributed by atoms with van der Waals surface area (Å²) in [5.41, 5.74) is 1.57. The van der Waals surface area contributed by atoms with E-state index in [4.69, 9.17) is 23.2 Å². The molecule has 2 rings (SSSR count). The minimum absolute atomic E-state index is 0.127. The number of carbonyl (C=O) groups is 1. The number of nitrogens with one attached hydrogen (secondary N) is 1. The van der Waals surface area contributed by atoms with Crippen LogP contribution in [0.25, 0.3) is 0 Å². The summed E-state index contributed by atoms with van der Waals surface area (Å²) in [4.78, 5) is 11.9. The van der Waals surface area contributed by atoms with Gasteiger partial charge in [0, 0.05) is 11.8 Å². The Bertz CT molecular complexity index is 610. The molecule has 0 aliphatic rings. The second kappa shape index (κ2) is 5.18. The van der Waals surface area contributed by atoms with Gasteiger partial charge in [0.1, 0.15) is 10.1 Å². The zero-order valence-electron chi connectivity index (χ0n) is 9.33. The van der Waals surface area contributed by atoms with Crippen LogP contribution in [0.5, 0.6) is 5.75 Å². The molecule has 0 unspecified atom stereocenters. The molecule has 3 nitrogen and oxygen atoms in total. The molecule has 94 valence electrons. The van der Waals surface area contributed by atoms with Crippen molar-refractivity contribution < 1.29 is 9.90 Å². The Labute approximate surface area is 118 Å². The number of benzene rings is 1. The van der Waals surface area contributed by atoms with Crippen molar-refractivity contribution >= 4 is 46.1 Å². The molecule has 0 aliphatic heterocycles. The zero-order chi connectivity index (χ0) is 13.3. The minimum Gasteiger partial charge on any atom is -0.508 e. The van der Waals surface area contributed by atoms with Gasteiger partial charge in [-0.15, -0.1) is 11.3 Å². The first-order valence-electron chi connectivity index (χ1n) is 5.03. The molecule has 0 aliphatic carbocycles. The van der Waals surface area contributed by atoms with Crippen molar-refractivity contribution in [1.29, 1.82) is 0 Å². The van der Waals surface area contributed by atoms with E-state index in [0.717, 1.165) is 16.9 Å². The number of rotatable bonds is 2. The number of hydrogen-bond acceptors (Lipinski definition) is 3. The number of phenols is 1. The number of carbonyl (C=O) groups excluding carboxylic acids is 1. The number of halogens is 2. The second-order valence-electron chi connectivity index (χ2n) is 3.69. The molecule has 18 heavy (non-hydrogen) atoms. The minimum atomic E-state index is -0.355. The number of aromatic hydroxyl groups is 1. The first kappa shape index (κ1) is 13.2. The predicted molar refractivity (Wildman–Crippen MR) is 75.1 cm³/mol. The molecule has 1 amide bonds. The van der Waals surface area contributed by atoms with Crippen molar-refractivity contribution in [2.45, 2.75) is 6.92 Å². The van der Waals surface area contributed by atoms with Crippen LogP contribution in [0.3, 0.4) is 0 Å². The second-order valence-corrected chi connectivity index (χ2v) is 5.98. The van der Waals surface area contributed by atoms with Gasteiger partial charge < -0.3 is 10.4 Å². The lowest BCUT2D eigenvalue weighted by Gasteiger charge is -2.06. The van der Waals surface area contributed by atoms with Crippen LogP contribution < -0.4 is 5.32 Å². The van der Waals surface area contributed by atoms with Gasteiger partial charge in [0.15, 0.2) is 0 Å². The van der Waals surface area contributed by atoms with Gasteiger partial charge in [0.25, 0.3) is 5.91 Å². The maximum Gasteiger partial charge on any atom is 0.258 e. The number of phenolic OH excluding ortho intramolecular Hbond substituents is 1. The topological polar surface area (TPSA) is 49.3 Å². The molecule has 0 bridgehead atoms. The molecule has 1 heterocycles. The van der Waals surface area contributed by atoms with E-state index in [1.165, 1.54) is 12.1 Å². The van der Waals surface area contributed by atoms with E-state index in [-0.39, 0.29) is 11.7 Å². The Morgan fingerprint density at radius 3 is 2.61 bits per heavy atom. The van der Waals surface area contributed by atoms with Crippen molar-refractivity contribution in [1.82, 2.24) is 0 Å². The van der Waals surface area contributed by atoms with Gasteiger partial charge in [0.05, 0.1) is 9.90 Å². The maximum atomic E-state index is 11.9. The molecule has 1 aromatic carbocycles. The third kappa shape index (κ3) is 2.77. The van der Waals surface area contributed by atoms with Gasteiger partial charge in [0.2, 0.25) is 0 Å². The fourth-order valence-corrected chi connectivity index (χ4v) is 2.84. The monoisotopic (exact) mass is 301 g/mol. The van der Waals surface area contributed by atoms with Crippen molar-refractivity contribution in [3.05, 3.63) is 44.1 Å². The van der Waals surface area contributed by atoms with Crippen LogP contribution in [0.15, 0.2) is 24.3 Å². The molecule has 2 aromatic rings. The average molecular weight is 302 g/mol. The van der Waals surface area contributed by atoms with Crippen LogP contribution in [0.4, 0.5) is 5.69 Å². The molecule has 2 N–H and O–H groups in total. The smallest absolute Gasteiger partial charge is 0.258 e. The van der Waals surface area contributed by atoms with E-state index in [2.05, 4.69) is 5.32 Å². The highest BCUT2D eigenvalue weighted by molar-refractivity contribution is 7.20. The van der Waals surface area contributed by atoms with Gasteiger partial charge >= 0.3 is 0 Å². The van der Waals surface area contributed by atoms with Crippen molar-refractivity contribution in [3.8, 4) is 5.75 Å². The van der Waals surface area contributed by atoms with Crippen LogP contribution in [0, 0.1) is 6.92 Å². The summed E-state index contributed by atoms with van der Waals surface area (Å²) in [5, 5.41) is 12.2. The van der Waals surface area contributed by atoms with Gasteiger partial charge in [-0.05, 0) is 24.6 Å². The van der Waals surface area contributed by atoms with E-state index in [1.807, 2.05) is 0 Å². The lowest BCUT2D eigenvalue weighted by atomic mass is 10.2. The van der Waals surface area contributed by atoms with Crippen LogP contribution >= 0.6 is 34.5 Å². The van der Waals surface area contributed by atoms with Crippen molar-refractivity contribution in [2.24, 2.45) is 0 Å². The van der Waals surface area contributed by atoms with Gasteiger partial charge in [-0.25, -0.2) is 0 Å². The third-order valence-electron chi connectivity index (χ3n) is 2.37. The Morgan fingerprint density at radius 1 is 1.33 bits per heavy atom. The number of thiophene rings is 1. The zero-order valence-corrected chi connectivity index (χ0v) is 11.7. The Kier molecular flexibility index (Phi) is 3.80. The number of amides is 1. The first-order valence-corrected chi connectivity index (χ1v) is 6.60. The third-order valence-corrected chi connectivity index (χ3v) is 3.86. The number of aryl methyl sites for hydroxylation is 1. The van der Waals surface area contributed by atoms with Gasteiger partial charge in [-0.1, -0.05) is 29.3 Å². The summed E-state index contributed by atoms with van der Waals surface area (Å²) in [6.45, 7) is 1.77. The van der Waals surface area contributed by atoms with E-state index < -0.39 is 0 Å². The average Bonchev–Trinajstić information content (AvgIpc) is 2.63.